The Bertz CT molecular complexity index is 460. The van der Waals surface area contributed by atoms with Gasteiger partial charge in [0.15, 0.2) is 0 Å². The molecule has 1 fully saturated rings. The molecule has 4 nitrogen and oxygen atoms in total. The van der Waals surface area contributed by atoms with Crippen LogP contribution in [-0.2, 0) is 21.4 Å². The number of fused-ring (bicyclic) bond motifs is 1. The molecule has 2 aliphatic heterocycles. The third-order valence-electron chi connectivity index (χ3n) is 3.67. The molecule has 0 aromatic heterocycles. The first-order valence-corrected chi connectivity index (χ1v) is 5.85. The molecule has 0 saturated carbocycles. The fraction of sp³-hybridized carbons (Fsp3) is 0.462. The van der Waals surface area contributed by atoms with E-state index in [2.05, 4.69) is 11.4 Å². The van der Waals surface area contributed by atoms with Crippen LogP contribution in [0.2, 0.25) is 0 Å². The lowest BCUT2D eigenvalue weighted by molar-refractivity contribution is -0.116. The predicted molar refractivity (Wildman–Crippen MR) is 63.0 cm³/mol. The predicted octanol–water partition coefficient (Wildman–Crippen LogP) is 0.832. The lowest BCUT2D eigenvalue weighted by Crippen LogP contribution is -2.49. The molecule has 0 aliphatic carbocycles. The molecule has 0 radical (unpaired) electrons. The lowest BCUT2D eigenvalue weighted by atomic mass is 9.78. The number of ether oxygens (including phenoxy) is 1. The van der Waals surface area contributed by atoms with Gasteiger partial charge < -0.3 is 15.2 Å². The first kappa shape index (κ1) is 10.7. The van der Waals surface area contributed by atoms with Gasteiger partial charge in [0.25, 0.3) is 0 Å². The number of benzene rings is 1. The molecule has 3 rings (SSSR count). The van der Waals surface area contributed by atoms with E-state index in [1.165, 1.54) is 0 Å². The van der Waals surface area contributed by atoms with Crippen LogP contribution >= 0.6 is 0 Å². The van der Waals surface area contributed by atoms with Crippen molar-refractivity contribution in [3.05, 3.63) is 29.3 Å². The van der Waals surface area contributed by atoms with E-state index in [0.29, 0.717) is 19.6 Å². The topological polar surface area (TPSA) is 58.6 Å². The van der Waals surface area contributed by atoms with E-state index in [1.807, 2.05) is 12.1 Å². The summed E-state index contributed by atoms with van der Waals surface area (Å²) in [6.07, 6.45) is 1.32. The van der Waals surface area contributed by atoms with Crippen LogP contribution in [0.4, 0.5) is 5.69 Å². The highest BCUT2D eigenvalue weighted by Crippen LogP contribution is 2.35. The second-order valence-corrected chi connectivity index (χ2v) is 4.85. The second kappa shape index (κ2) is 3.82. The largest absolute Gasteiger partial charge is 0.395 e. The van der Waals surface area contributed by atoms with Crippen LogP contribution in [-0.4, -0.2) is 30.8 Å². The Morgan fingerprint density at radius 1 is 1.35 bits per heavy atom. The van der Waals surface area contributed by atoms with Crippen LogP contribution in [0.15, 0.2) is 18.2 Å². The van der Waals surface area contributed by atoms with Crippen LogP contribution in [0.25, 0.3) is 0 Å². The number of carbonyl (C=O) groups is 1. The molecular weight excluding hydrogens is 218 g/mol. The molecule has 1 amide bonds. The molecule has 17 heavy (non-hydrogen) atoms. The van der Waals surface area contributed by atoms with Gasteiger partial charge in [-0.2, -0.15) is 0 Å². The fourth-order valence-corrected chi connectivity index (χ4v) is 2.41. The van der Waals surface area contributed by atoms with Gasteiger partial charge in [0.1, 0.15) is 0 Å². The number of anilines is 1. The monoisotopic (exact) mass is 233 g/mol. The van der Waals surface area contributed by atoms with E-state index in [9.17, 15) is 9.90 Å². The Morgan fingerprint density at radius 2 is 2.18 bits per heavy atom. The van der Waals surface area contributed by atoms with E-state index in [-0.39, 0.29) is 17.9 Å². The molecule has 0 spiro atoms. The van der Waals surface area contributed by atoms with Crippen LogP contribution in [0.5, 0.6) is 0 Å². The highest BCUT2D eigenvalue weighted by molar-refractivity contribution is 5.93. The Hall–Kier alpha value is -1.39. The number of aliphatic hydroxyl groups is 1. The van der Waals surface area contributed by atoms with Crippen molar-refractivity contribution in [1.82, 2.24) is 0 Å². The van der Waals surface area contributed by atoms with Crippen molar-refractivity contribution in [2.45, 2.75) is 18.3 Å². The van der Waals surface area contributed by atoms with Crippen LogP contribution < -0.4 is 5.32 Å². The van der Waals surface area contributed by atoms with E-state index in [1.54, 1.807) is 0 Å². The summed E-state index contributed by atoms with van der Waals surface area (Å²) in [7, 11) is 0. The highest BCUT2D eigenvalue weighted by Gasteiger charge is 2.40. The lowest BCUT2D eigenvalue weighted by Gasteiger charge is -2.40. The number of carbonyl (C=O) groups excluding carboxylic acids is 1. The summed E-state index contributed by atoms with van der Waals surface area (Å²) >= 11 is 0. The van der Waals surface area contributed by atoms with Crippen LogP contribution in [0.3, 0.4) is 0 Å². The van der Waals surface area contributed by atoms with Crippen molar-refractivity contribution in [2.24, 2.45) is 0 Å². The molecule has 2 aliphatic rings. The fourth-order valence-electron chi connectivity index (χ4n) is 2.41. The molecule has 0 unspecified atom stereocenters. The van der Waals surface area contributed by atoms with E-state index < -0.39 is 0 Å². The summed E-state index contributed by atoms with van der Waals surface area (Å²) in [6, 6.07) is 5.99. The Labute approximate surface area is 99.6 Å². The molecule has 0 atom stereocenters. The number of amides is 1. The number of nitrogens with one attached hydrogen (secondary N) is 1. The van der Waals surface area contributed by atoms with E-state index in [4.69, 9.17) is 4.74 Å². The molecule has 2 heterocycles. The molecule has 1 saturated heterocycles. The number of hydrogen-bond donors (Lipinski definition) is 2. The van der Waals surface area contributed by atoms with Gasteiger partial charge in [0.2, 0.25) is 5.91 Å². The minimum absolute atomic E-state index is 0.0779. The SMILES string of the molecule is O=C1CCc2cc(C3(CO)COC3)ccc2N1. The van der Waals surface area contributed by atoms with Gasteiger partial charge in [-0.1, -0.05) is 12.1 Å². The molecule has 90 valence electrons. The molecule has 0 bridgehead atoms. The van der Waals surface area contributed by atoms with Crippen molar-refractivity contribution < 1.29 is 14.6 Å². The molecular formula is C13H15NO3. The average Bonchev–Trinajstić information content (AvgIpc) is 2.28. The standard InChI is InChI=1S/C13H15NO3/c15-6-13(7-17-8-13)10-2-3-11-9(5-10)1-4-12(16)14-11/h2-3,5,15H,1,4,6-8H2,(H,14,16). The van der Waals surface area contributed by atoms with Crippen molar-refractivity contribution in [3.8, 4) is 0 Å². The summed E-state index contributed by atoms with van der Waals surface area (Å²) in [5.74, 6) is 0.0779. The third kappa shape index (κ3) is 1.64. The van der Waals surface area contributed by atoms with Gasteiger partial charge >= 0.3 is 0 Å². The maximum Gasteiger partial charge on any atom is 0.224 e. The van der Waals surface area contributed by atoms with Gasteiger partial charge in [-0.25, -0.2) is 0 Å². The second-order valence-electron chi connectivity index (χ2n) is 4.85. The maximum absolute atomic E-state index is 11.3. The summed E-state index contributed by atoms with van der Waals surface area (Å²) in [6.45, 7) is 1.27. The van der Waals surface area contributed by atoms with Crippen LogP contribution in [0.1, 0.15) is 17.5 Å². The third-order valence-corrected chi connectivity index (χ3v) is 3.67. The Balaban J connectivity index is 1.96. The molecule has 1 aromatic rings. The number of hydrogen-bond acceptors (Lipinski definition) is 3. The summed E-state index contributed by atoms with van der Waals surface area (Å²) in [5, 5.41) is 12.3. The summed E-state index contributed by atoms with van der Waals surface area (Å²) in [4.78, 5) is 11.3. The van der Waals surface area contributed by atoms with E-state index >= 15 is 0 Å². The zero-order valence-electron chi connectivity index (χ0n) is 9.53. The summed E-state index contributed by atoms with van der Waals surface area (Å²) < 4.78 is 5.21. The van der Waals surface area contributed by atoms with Crippen LogP contribution in [0, 0.1) is 0 Å². The first-order chi connectivity index (χ1) is 8.23. The quantitative estimate of drug-likeness (QED) is 0.795. The Morgan fingerprint density at radius 3 is 2.82 bits per heavy atom. The van der Waals surface area contributed by atoms with Gasteiger partial charge in [0.05, 0.1) is 25.2 Å². The average molecular weight is 233 g/mol. The Kier molecular flexibility index (Phi) is 2.42. The minimum atomic E-state index is -0.226. The molecule has 2 N–H and O–H groups in total. The first-order valence-electron chi connectivity index (χ1n) is 5.85. The van der Waals surface area contributed by atoms with Gasteiger partial charge in [-0.3, -0.25) is 4.79 Å². The number of aryl methyl sites for hydroxylation is 1. The molecule has 1 aromatic carbocycles. The molecule has 4 heteroatoms. The zero-order chi connectivity index (χ0) is 11.9. The zero-order valence-corrected chi connectivity index (χ0v) is 9.53. The maximum atomic E-state index is 11.3. The van der Waals surface area contributed by atoms with Crippen molar-refractivity contribution in [1.29, 1.82) is 0 Å². The smallest absolute Gasteiger partial charge is 0.224 e. The van der Waals surface area contributed by atoms with Gasteiger partial charge in [-0.15, -0.1) is 0 Å². The van der Waals surface area contributed by atoms with Crippen molar-refractivity contribution in [3.63, 3.8) is 0 Å². The number of aliphatic hydroxyl groups excluding tert-OH is 1. The van der Waals surface area contributed by atoms with Gasteiger partial charge in [0, 0.05) is 12.1 Å². The van der Waals surface area contributed by atoms with E-state index in [0.717, 1.165) is 23.2 Å². The van der Waals surface area contributed by atoms with Gasteiger partial charge in [-0.05, 0) is 23.6 Å². The normalized spacial score (nSPS) is 21.4. The van der Waals surface area contributed by atoms with Crippen molar-refractivity contribution in [2.75, 3.05) is 25.1 Å². The highest BCUT2D eigenvalue weighted by atomic mass is 16.5. The number of rotatable bonds is 2. The van der Waals surface area contributed by atoms with Crippen molar-refractivity contribution >= 4 is 11.6 Å². The summed E-state index contributed by atoms with van der Waals surface area (Å²) in [5.41, 5.74) is 2.94. The minimum Gasteiger partial charge on any atom is -0.395 e.